The number of benzene rings is 1. The van der Waals surface area contributed by atoms with E-state index in [1.165, 1.54) is 11.1 Å². The standard InChI is InChI=1S/C12H11NO/c1-8-10-5-3-2-4-9(10)6-12(8)11(7-13)14-12/h2-5,8,11H,6H2,1H3. The Morgan fingerprint density at radius 3 is 2.93 bits per heavy atom. The highest BCUT2D eigenvalue weighted by Crippen LogP contribution is 2.55. The summed E-state index contributed by atoms with van der Waals surface area (Å²) in [6, 6.07) is 10.6. The Bertz CT molecular complexity index is 434. The van der Waals surface area contributed by atoms with E-state index in [1.54, 1.807) is 0 Å². The van der Waals surface area contributed by atoms with Crippen LogP contribution in [0.3, 0.4) is 0 Å². The molecular formula is C12H11NO. The highest BCUT2D eigenvalue weighted by Gasteiger charge is 2.63. The second-order valence-corrected chi connectivity index (χ2v) is 4.18. The number of fused-ring (bicyclic) bond motifs is 1. The van der Waals surface area contributed by atoms with Crippen molar-refractivity contribution in [1.29, 1.82) is 5.26 Å². The Morgan fingerprint density at radius 1 is 1.50 bits per heavy atom. The molecule has 3 unspecified atom stereocenters. The molecule has 1 fully saturated rings. The number of hydrogen-bond acceptors (Lipinski definition) is 2. The van der Waals surface area contributed by atoms with E-state index >= 15 is 0 Å². The number of rotatable bonds is 0. The maximum Gasteiger partial charge on any atom is 0.174 e. The minimum absolute atomic E-state index is 0.182. The van der Waals surface area contributed by atoms with Crippen molar-refractivity contribution in [2.75, 3.05) is 0 Å². The van der Waals surface area contributed by atoms with Crippen LogP contribution in [0.25, 0.3) is 0 Å². The molecule has 0 bridgehead atoms. The van der Waals surface area contributed by atoms with Crippen LogP contribution in [0.1, 0.15) is 24.0 Å². The Hall–Kier alpha value is -1.33. The van der Waals surface area contributed by atoms with E-state index < -0.39 is 0 Å². The second-order valence-electron chi connectivity index (χ2n) is 4.18. The summed E-state index contributed by atoms with van der Waals surface area (Å²) in [4.78, 5) is 0. The Kier molecular flexibility index (Phi) is 1.36. The van der Waals surface area contributed by atoms with Crippen LogP contribution in [0.15, 0.2) is 24.3 Å². The molecule has 0 saturated carbocycles. The van der Waals surface area contributed by atoms with Gasteiger partial charge in [0.1, 0.15) is 5.60 Å². The molecule has 0 N–H and O–H groups in total. The van der Waals surface area contributed by atoms with Crippen LogP contribution in [0.4, 0.5) is 0 Å². The van der Waals surface area contributed by atoms with Gasteiger partial charge in [-0.25, -0.2) is 0 Å². The summed E-state index contributed by atoms with van der Waals surface area (Å²) in [7, 11) is 0. The largest absolute Gasteiger partial charge is 0.349 e. The van der Waals surface area contributed by atoms with Gasteiger partial charge >= 0.3 is 0 Å². The maximum atomic E-state index is 8.85. The van der Waals surface area contributed by atoms with Crippen molar-refractivity contribution < 1.29 is 4.74 Å². The number of nitrogens with zero attached hydrogens (tertiary/aromatic N) is 1. The highest BCUT2D eigenvalue weighted by molar-refractivity contribution is 5.44. The molecule has 3 rings (SSSR count). The number of nitriles is 1. The summed E-state index contributed by atoms with van der Waals surface area (Å²) in [5.74, 6) is 0.364. The lowest BCUT2D eigenvalue weighted by Crippen LogP contribution is -2.18. The van der Waals surface area contributed by atoms with Crippen LogP contribution in [-0.4, -0.2) is 11.7 Å². The molecule has 2 aliphatic rings. The third-order valence-electron chi connectivity index (χ3n) is 3.56. The summed E-state index contributed by atoms with van der Waals surface area (Å²) < 4.78 is 5.55. The van der Waals surface area contributed by atoms with Gasteiger partial charge in [0.05, 0.1) is 6.07 Å². The molecule has 2 nitrogen and oxygen atoms in total. The fraction of sp³-hybridized carbons (Fsp3) is 0.417. The first kappa shape index (κ1) is 8.02. The van der Waals surface area contributed by atoms with Crippen molar-refractivity contribution in [3.8, 4) is 6.07 Å². The molecule has 70 valence electrons. The molecule has 14 heavy (non-hydrogen) atoms. The molecule has 1 aliphatic heterocycles. The fourth-order valence-corrected chi connectivity index (χ4v) is 2.62. The van der Waals surface area contributed by atoms with Crippen molar-refractivity contribution in [3.05, 3.63) is 35.4 Å². The van der Waals surface area contributed by atoms with Gasteiger partial charge in [0, 0.05) is 12.3 Å². The monoisotopic (exact) mass is 185 g/mol. The first-order valence-electron chi connectivity index (χ1n) is 4.93. The van der Waals surface area contributed by atoms with Crippen LogP contribution in [0.2, 0.25) is 0 Å². The van der Waals surface area contributed by atoms with Gasteiger partial charge in [-0.05, 0) is 11.1 Å². The van der Waals surface area contributed by atoms with Crippen molar-refractivity contribution in [1.82, 2.24) is 0 Å². The molecule has 0 aromatic heterocycles. The number of ether oxygens (including phenoxy) is 1. The summed E-state index contributed by atoms with van der Waals surface area (Å²) >= 11 is 0. The molecule has 1 saturated heterocycles. The quantitative estimate of drug-likeness (QED) is 0.580. The first-order chi connectivity index (χ1) is 6.78. The van der Waals surface area contributed by atoms with Crippen LogP contribution < -0.4 is 0 Å². The van der Waals surface area contributed by atoms with Gasteiger partial charge in [-0.3, -0.25) is 0 Å². The average molecular weight is 185 g/mol. The van der Waals surface area contributed by atoms with Crippen LogP contribution >= 0.6 is 0 Å². The molecule has 1 spiro atoms. The van der Waals surface area contributed by atoms with E-state index in [0.717, 1.165) is 6.42 Å². The van der Waals surface area contributed by atoms with Gasteiger partial charge in [-0.2, -0.15) is 5.26 Å². The van der Waals surface area contributed by atoms with E-state index in [9.17, 15) is 0 Å². The molecule has 0 radical (unpaired) electrons. The zero-order valence-corrected chi connectivity index (χ0v) is 8.03. The summed E-state index contributed by atoms with van der Waals surface area (Å²) in [5.41, 5.74) is 2.52. The van der Waals surface area contributed by atoms with Gasteiger partial charge in [-0.15, -0.1) is 0 Å². The lowest BCUT2D eigenvalue weighted by molar-refractivity contribution is 0.281. The predicted octanol–water partition coefficient (Wildman–Crippen LogP) is 2.01. The SMILES string of the molecule is CC1c2ccccc2CC12OC2C#N. The minimum Gasteiger partial charge on any atom is -0.349 e. The topological polar surface area (TPSA) is 36.3 Å². The lowest BCUT2D eigenvalue weighted by atomic mass is 9.92. The lowest BCUT2D eigenvalue weighted by Gasteiger charge is -2.09. The van der Waals surface area contributed by atoms with Crippen LogP contribution in [-0.2, 0) is 11.2 Å². The second kappa shape index (κ2) is 2.37. The van der Waals surface area contributed by atoms with Crippen molar-refractivity contribution in [3.63, 3.8) is 0 Å². The van der Waals surface area contributed by atoms with Crippen LogP contribution in [0, 0.1) is 11.3 Å². The normalized spacial score (nSPS) is 38.0. The van der Waals surface area contributed by atoms with E-state index in [-0.39, 0.29) is 11.7 Å². The van der Waals surface area contributed by atoms with E-state index in [0.29, 0.717) is 5.92 Å². The van der Waals surface area contributed by atoms with Crippen molar-refractivity contribution in [2.45, 2.75) is 31.0 Å². The number of epoxide rings is 1. The molecule has 1 heterocycles. The zero-order valence-electron chi connectivity index (χ0n) is 8.03. The van der Waals surface area contributed by atoms with Gasteiger partial charge in [0.2, 0.25) is 0 Å². The smallest absolute Gasteiger partial charge is 0.174 e. The Morgan fingerprint density at radius 2 is 2.29 bits per heavy atom. The van der Waals surface area contributed by atoms with E-state index in [1.807, 2.05) is 6.07 Å². The summed E-state index contributed by atoms with van der Waals surface area (Å²) in [6.45, 7) is 2.16. The Labute approximate surface area is 83.1 Å². The van der Waals surface area contributed by atoms with E-state index in [2.05, 4.69) is 31.2 Å². The fourth-order valence-electron chi connectivity index (χ4n) is 2.62. The third-order valence-corrected chi connectivity index (χ3v) is 3.56. The Balaban J connectivity index is 2.04. The third kappa shape index (κ3) is 0.784. The zero-order chi connectivity index (χ0) is 9.76. The van der Waals surface area contributed by atoms with Crippen molar-refractivity contribution >= 4 is 0 Å². The molecule has 3 atom stereocenters. The average Bonchev–Trinajstić information content (AvgIpc) is 2.85. The van der Waals surface area contributed by atoms with Gasteiger partial charge in [-0.1, -0.05) is 31.2 Å². The minimum atomic E-state index is -0.190. The summed E-state index contributed by atoms with van der Waals surface area (Å²) in [6.07, 6.45) is 0.715. The van der Waals surface area contributed by atoms with Gasteiger partial charge in [0.25, 0.3) is 0 Å². The van der Waals surface area contributed by atoms with Crippen LogP contribution in [0.5, 0.6) is 0 Å². The first-order valence-corrected chi connectivity index (χ1v) is 4.93. The maximum absolute atomic E-state index is 8.85. The predicted molar refractivity (Wildman–Crippen MR) is 51.8 cm³/mol. The van der Waals surface area contributed by atoms with E-state index in [4.69, 9.17) is 10.00 Å². The highest BCUT2D eigenvalue weighted by atomic mass is 16.6. The van der Waals surface area contributed by atoms with Gasteiger partial charge in [0.15, 0.2) is 6.10 Å². The summed E-state index contributed by atoms with van der Waals surface area (Å²) in [5, 5.41) is 8.85. The molecule has 1 aromatic carbocycles. The van der Waals surface area contributed by atoms with Gasteiger partial charge < -0.3 is 4.74 Å². The molecule has 0 amide bonds. The molecular weight excluding hydrogens is 174 g/mol. The molecule has 2 heteroatoms. The number of hydrogen-bond donors (Lipinski definition) is 0. The van der Waals surface area contributed by atoms with Crippen molar-refractivity contribution in [2.24, 2.45) is 0 Å². The molecule has 1 aliphatic carbocycles. The molecule has 1 aromatic rings.